The number of nitrogens with one attached hydrogen (secondary N) is 1. The number of carbonyl (C=O) groups is 4. The van der Waals surface area contributed by atoms with Crippen molar-refractivity contribution < 1.29 is 42.5 Å². The summed E-state index contributed by atoms with van der Waals surface area (Å²) in [5.74, 6) is -1.00. The van der Waals surface area contributed by atoms with Crippen LogP contribution >= 0.6 is 23.2 Å². The van der Waals surface area contributed by atoms with Crippen molar-refractivity contribution in [2.24, 2.45) is 5.73 Å². The Morgan fingerprint density at radius 3 is 1.37 bits per heavy atom. The number of carboxylic acid groups (broad SMARTS) is 1. The van der Waals surface area contributed by atoms with Crippen LogP contribution in [0.4, 0.5) is 18.4 Å². The number of nitrogens with zero attached hydrogens (tertiary/aromatic N) is 4. The Kier molecular flexibility index (Phi) is 22.4. The molecule has 0 spiro atoms. The minimum Gasteiger partial charge on any atom is -0.478 e. The van der Waals surface area contributed by atoms with Gasteiger partial charge in [0, 0.05) is 107 Å². The number of hydrogen-bond acceptors (Lipinski definition) is 9. The first-order valence-electron chi connectivity index (χ1n) is 26.3. The van der Waals surface area contributed by atoms with Gasteiger partial charge in [-0.1, -0.05) is 72.8 Å². The summed E-state index contributed by atoms with van der Waals surface area (Å²) < 4.78 is 40.1. The van der Waals surface area contributed by atoms with Crippen LogP contribution in [0.2, 0.25) is 0 Å². The van der Waals surface area contributed by atoms with E-state index < -0.39 is 17.2 Å². The number of ether oxygens (including phenoxy) is 2. The molecule has 0 bridgehead atoms. The Hall–Kier alpha value is -6.88. The van der Waals surface area contributed by atoms with Crippen molar-refractivity contribution in [2.45, 2.75) is 90.7 Å². The highest BCUT2D eigenvalue weighted by Crippen LogP contribution is 2.28. The summed E-state index contributed by atoms with van der Waals surface area (Å²) in [5, 5.41) is 11.5. The Bertz CT molecular complexity index is 3020. The number of aromatic carboxylic acids is 1. The molecule has 79 heavy (non-hydrogen) atoms. The second kappa shape index (κ2) is 28.8. The maximum absolute atomic E-state index is 14.9. The Labute approximate surface area is 473 Å². The molecule has 2 aliphatic rings. The van der Waals surface area contributed by atoms with E-state index in [2.05, 4.69) is 21.2 Å². The van der Waals surface area contributed by atoms with Gasteiger partial charge in [-0.3, -0.25) is 14.6 Å². The summed E-state index contributed by atoms with van der Waals surface area (Å²) in [6.07, 6.45) is -0.533. The average molecular weight is 1120 g/mol. The van der Waals surface area contributed by atoms with Crippen molar-refractivity contribution in [2.75, 3.05) is 52.4 Å². The predicted molar refractivity (Wildman–Crippen MR) is 308 cm³/mol. The fourth-order valence-corrected chi connectivity index (χ4v) is 9.05. The zero-order chi connectivity index (χ0) is 57.3. The number of piperazine rings is 2. The van der Waals surface area contributed by atoms with E-state index in [1.54, 1.807) is 70.5 Å². The van der Waals surface area contributed by atoms with E-state index in [1.165, 1.54) is 12.1 Å². The van der Waals surface area contributed by atoms with Crippen LogP contribution in [0.25, 0.3) is 22.3 Å². The standard InChI is InChI=1S/C31H35ClFN3O3.C23H30FN3O2.C8H7ClO2/c1-31(2,3)39-30(38)36-14-12-35(13-15-36)21-24-7-5-8-25(17-24)27-18-23(10-11-28(27)33)20-34-29(37)26-9-4-6-22(16-26)19-32;1-23(2,3)29-22(28)27-11-9-26(10-12-27)16-18-5-4-6-19(13-18)20-14-17(15-25)7-8-21(20)24;9-5-6-2-1-3-7(4-6)8(10)11/h4-11,16-18H,12-15,19-21H2,1-3H3,(H,34,37);4-8,13-14H,9-12,15-16,25H2,1-3H3;1-4H,5H2,(H,10,11). The van der Waals surface area contributed by atoms with Crippen LogP contribution in [0.5, 0.6) is 0 Å². The van der Waals surface area contributed by atoms with Crippen LogP contribution in [-0.4, -0.2) is 112 Å². The first-order chi connectivity index (χ1) is 37.6. The third kappa shape index (κ3) is 19.5. The van der Waals surface area contributed by atoms with E-state index in [4.69, 9.17) is 43.5 Å². The predicted octanol–water partition coefficient (Wildman–Crippen LogP) is 12.3. The largest absolute Gasteiger partial charge is 0.478 e. The molecule has 17 heteroatoms. The first-order valence-corrected chi connectivity index (χ1v) is 27.3. The Balaban J connectivity index is 0.000000220. The van der Waals surface area contributed by atoms with E-state index in [1.807, 2.05) is 96.1 Å². The summed E-state index contributed by atoms with van der Waals surface area (Å²) in [6.45, 7) is 18.9. The molecule has 3 amide bonds. The SMILES string of the molecule is CC(C)(C)OC(=O)N1CCN(Cc2cccc(-c3cc(CN)ccc3F)c2)CC1.CC(C)(C)OC(=O)N1CCN(Cc2cccc(-c3cc(CNC(=O)c4cccc(CCl)c4)ccc3F)c2)CC1.O=C(O)c1cccc(CCl)c1. The van der Waals surface area contributed by atoms with Gasteiger partial charge in [0.1, 0.15) is 22.8 Å². The van der Waals surface area contributed by atoms with Gasteiger partial charge in [0.15, 0.2) is 0 Å². The molecule has 2 fully saturated rings. The number of benzene rings is 6. The third-order valence-corrected chi connectivity index (χ3v) is 13.4. The van der Waals surface area contributed by atoms with Crippen molar-refractivity contribution in [1.82, 2.24) is 24.9 Å². The highest BCUT2D eigenvalue weighted by Gasteiger charge is 2.27. The lowest BCUT2D eigenvalue weighted by Crippen LogP contribution is -2.49. The van der Waals surface area contributed by atoms with Crippen LogP contribution < -0.4 is 11.1 Å². The number of halogens is 4. The van der Waals surface area contributed by atoms with Crippen molar-refractivity contribution in [3.8, 4) is 22.3 Å². The molecule has 420 valence electrons. The molecule has 13 nitrogen and oxygen atoms in total. The second-order valence-corrected chi connectivity index (χ2v) is 21.9. The van der Waals surface area contributed by atoms with Gasteiger partial charge in [-0.05, 0) is 147 Å². The van der Waals surface area contributed by atoms with Crippen LogP contribution in [0.3, 0.4) is 0 Å². The zero-order valence-corrected chi connectivity index (χ0v) is 47.4. The van der Waals surface area contributed by atoms with E-state index in [-0.39, 0.29) is 41.8 Å². The molecule has 8 rings (SSSR count). The fourth-order valence-electron chi connectivity index (χ4n) is 8.71. The van der Waals surface area contributed by atoms with Crippen LogP contribution in [-0.2, 0) is 47.4 Å². The van der Waals surface area contributed by atoms with Crippen molar-refractivity contribution >= 4 is 47.3 Å². The molecule has 0 atom stereocenters. The topological polar surface area (TPSA) is 158 Å². The highest BCUT2D eigenvalue weighted by atomic mass is 35.5. The van der Waals surface area contributed by atoms with Crippen molar-refractivity contribution in [1.29, 1.82) is 0 Å². The third-order valence-electron chi connectivity index (χ3n) is 12.8. The molecule has 0 radical (unpaired) electrons. The van der Waals surface area contributed by atoms with Gasteiger partial charge < -0.3 is 35.4 Å². The molecule has 0 saturated carbocycles. The lowest BCUT2D eigenvalue weighted by molar-refractivity contribution is 0.0129. The molecule has 2 heterocycles. The molecule has 2 aliphatic heterocycles. The molecule has 6 aromatic rings. The molecule has 6 aromatic carbocycles. The van der Waals surface area contributed by atoms with Gasteiger partial charge in [0.05, 0.1) is 5.56 Å². The number of nitrogens with two attached hydrogens (primary N) is 1. The molecule has 4 N–H and O–H groups in total. The van der Waals surface area contributed by atoms with Crippen LogP contribution in [0.15, 0.2) is 133 Å². The van der Waals surface area contributed by atoms with E-state index in [0.717, 1.165) is 77.2 Å². The monoisotopic (exact) mass is 1120 g/mol. The second-order valence-electron chi connectivity index (χ2n) is 21.4. The quantitative estimate of drug-likeness (QED) is 0.0951. The van der Waals surface area contributed by atoms with E-state index in [9.17, 15) is 28.0 Å². The van der Waals surface area contributed by atoms with Crippen molar-refractivity contribution in [3.63, 3.8) is 0 Å². The molecule has 0 aliphatic carbocycles. The summed E-state index contributed by atoms with van der Waals surface area (Å²) >= 11 is 11.4. The smallest absolute Gasteiger partial charge is 0.410 e. The fraction of sp³-hybridized carbons (Fsp3) is 0.355. The normalized spacial score (nSPS) is 14.0. The number of amides is 3. The number of rotatable bonds is 13. The zero-order valence-electron chi connectivity index (χ0n) is 45.9. The number of carbonyl (C=O) groups excluding carboxylic acids is 3. The lowest BCUT2D eigenvalue weighted by atomic mass is 10.00. The van der Waals surface area contributed by atoms with Gasteiger partial charge in [-0.15, -0.1) is 23.2 Å². The first kappa shape index (κ1) is 61.3. The maximum atomic E-state index is 14.9. The van der Waals surface area contributed by atoms with Crippen LogP contribution in [0.1, 0.15) is 95.6 Å². The molecular formula is C62H72Cl2F2N6O7. The minimum atomic E-state index is -0.919. The van der Waals surface area contributed by atoms with Gasteiger partial charge in [0.25, 0.3) is 5.91 Å². The van der Waals surface area contributed by atoms with Gasteiger partial charge >= 0.3 is 18.2 Å². The Morgan fingerprint density at radius 1 is 0.532 bits per heavy atom. The van der Waals surface area contributed by atoms with Gasteiger partial charge in [0.2, 0.25) is 0 Å². The van der Waals surface area contributed by atoms with E-state index in [0.29, 0.717) is 67.7 Å². The summed E-state index contributed by atoms with van der Waals surface area (Å²) in [6, 6.07) is 39.5. The summed E-state index contributed by atoms with van der Waals surface area (Å²) in [5.41, 5.74) is 13.8. The number of alkyl halides is 2. The lowest BCUT2D eigenvalue weighted by Gasteiger charge is -2.35. The number of carboxylic acids is 1. The van der Waals surface area contributed by atoms with Gasteiger partial charge in [-0.25, -0.2) is 23.2 Å². The summed E-state index contributed by atoms with van der Waals surface area (Å²) in [7, 11) is 0. The van der Waals surface area contributed by atoms with Crippen molar-refractivity contribution in [3.05, 3.63) is 190 Å². The van der Waals surface area contributed by atoms with Gasteiger partial charge in [-0.2, -0.15) is 0 Å². The number of hydrogen-bond donors (Lipinski definition) is 3. The Morgan fingerprint density at radius 2 is 0.937 bits per heavy atom. The molecule has 0 aromatic heterocycles. The molecule has 2 saturated heterocycles. The minimum absolute atomic E-state index is 0.207. The van der Waals surface area contributed by atoms with E-state index >= 15 is 0 Å². The average Bonchev–Trinajstić information content (AvgIpc) is 3.44. The maximum Gasteiger partial charge on any atom is 0.410 e. The summed E-state index contributed by atoms with van der Waals surface area (Å²) in [4.78, 5) is 55.6. The molecule has 0 unspecified atom stereocenters. The highest BCUT2D eigenvalue weighted by molar-refractivity contribution is 6.17. The molecular weight excluding hydrogens is 1050 g/mol. The van der Waals surface area contributed by atoms with Crippen LogP contribution in [0, 0.1) is 11.6 Å².